The summed E-state index contributed by atoms with van der Waals surface area (Å²) in [6.07, 6.45) is 0. The van der Waals surface area contributed by atoms with E-state index in [2.05, 4.69) is 38.5 Å². The first-order valence-electron chi connectivity index (χ1n) is 5.74. The molecule has 0 aliphatic rings. The Balaban J connectivity index is 2.13. The molecular weight excluding hydrogens is 454 g/mol. The molecular formula is C15H7BrClIO2. The van der Waals surface area contributed by atoms with Crippen LogP contribution in [0.3, 0.4) is 0 Å². The molecule has 0 spiro atoms. The molecule has 5 heteroatoms. The molecule has 0 bridgehead atoms. The van der Waals surface area contributed by atoms with Crippen molar-refractivity contribution in [3.8, 4) is 0 Å². The number of carbonyl (C=O) groups excluding carboxylic acids is 1. The molecule has 20 heavy (non-hydrogen) atoms. The van der Waals surface area contributed by atoms with Crippen LogP contribution in [0.4, 0.5) is 0 Å². The first kappa shape index (κ1) is 14.1. The minimum atomic E-state index is -0.150. The highest BCUT2D eigenvalue weighted by molar-refractivity contribution is 14.1. The Kier molecular flexibility index (Phi) is 3.88. The number of para-hydroxylation sites is 1. The lowest BCUT2D eigenvalue weighted by atomic mass is 10.1. The van der Waals surface area contributed by atoms with E-state index in [1.54, 1.807) is 18.2 Å². The summed E-state index contributed by atoms with van der Waals surface area (Å²) in [6.45, 7) is 0. The van der Waals surface area contributed by atoms with E-state index in [1.807, 2.05) is 24.3 Å². The van der Waals surface area contributed by atoms with Gasteiger partial charge in [0.25, 0.3) is 0 Å². The SMILES string of the molecule is O=C(c1cc2cccc(Cl)c2o1)c1cc(Br)ccc1I. The third-order valence-electron chi connectivity index (χ3n) is 2.89. The molecule has 2 nitrogen and oxygen atoms in total. The van der Waals surface area contributed by atoms with Crippen LogP contribution in [-0.4, -0.2) is 5.78 Å². The lowest BCUT2D eigenvalue weighted by molar-refractivity contribution is 0.101. The maximum Gasteiger partial charge on any atom is 0.229 e. The average Bonchev–Trinajstić information content (AvgIpc) is 2.86. The van der Waals surface area contributed by atoms with Gasteiger partial charge in [-0.15, -0.1) is 0 Å². The van der Waals surface area contributed by atoms with E-state index >= 15 is 0 Å². The van der Waals surface area contributed by atoms with Crippen LogP contribution < -0.4 is 0 Å². The highest BCUT2D eigenvalue weighted by atomic mass is 127. The van der Waals surface area contributed by atoms with Crippen molar-refractivity contribution in [2.75, 3.05) is 0 Å². The van der Waals surface area contributed by atoms with Crippen LogP contribution in [-0.2, 0) is 0 Å². The van der Waals surface area contributed by atoms with Gasteiger partial charge in [-0.3, -0.25) is 4.79 Å². The van der Waals surface area contributed by atoms with Crippen molar-refractivity contribution in [1.82, 2.24) is 0 Å². The van der Waals surface area contributed by atoms with Crippen molar-refractivity contribution in [2.45, 2.75) is 0 Å². The van der Waals surface area contributed by atoms with Gasteiger partial charge < -0.3 is 4.42 Å². The number of ketones is 1. The first-order chi connectivity index (χ1) is 9.56. The van der Waals surface area contributed by atoms with Crippen LogP contribution in [0.25, 0.3) is 11.0 Å². The molecule has 0 amide bonds. The van der Waals surface area contributed by atoms with Crippen molar-refractivity contribution >= 4 is 66.9 Å². The van der Waals surface area contributed by atoms with Crippen molar-refractivity contribution in [1.29, 1.82) is 0 Å². The zero-order valence-corrected chi connectivity index (χ0v) is 14.5. The highest BCUT2D eigenvalue weighted by Crippen LogP contribution is 2.29. The van der Waals surface area contributed by atoms with Crippen molar-refractivity contribution in [3.05, 3.63) is 66.9 Å². The average molecular weight is 461 g/mol. The minimum absolute atomic E-state index is 0.150. The van der Waals surface area contributed by atoms with E-state index in [1.165, 1.54) is 0 Å². The van der Waals surface area contributed by atoms with Crippen LogP contribution in [0.5, 0.6) is 0 Å². The molecule has 100 valence electrons. The predicted octanol–water partition coefficient (Wildman–Crippen LogP) is 5.68. The van der Waals surface area contributed by atoms with E-state index in [4.69, 9.17) is 16.0 Å². The molecule has 0 aliphatic carbocycles. The molecule has 1 heterocycles. The van der Waals surface area contributed by atoms with Crippen molar-refractivity contribution in [3.63, 3.8) is 0 Å². The number of benzene rings is 2. The molecule has 1 aromatic heterocycles. The third kappa shape index (κ3) is 2.52. The lowest BCUT2D eigenvalue weighted by Gasteiger charge is -2.02. The molecule has 0 unspecified atom stereocenters. The number of carbonyl (C=O) groups is 1. The van der Waals surface area contributed by atoms with E-state index in [9.17, 15) is 4.79 Å². The summed E-state index contributed by atoms with van der Waals surface area (Å²) < 4.78 is 7.34. The molecule has 0 saturated carbocycles. The third-order valence-corrected chi connectivity index (χ3v) is 4.62. The van der Waals surface area contributed by atoms with Crippen molar-refractivity contribution in [2.24, 2.45) is 0 Å². The molecule has 3 aromatic rings. The number of hydrogen-bond acceptors (Lipinski definition) is 2. The number of furan rings is 1. The minimum Gasteiger partial charge on any atom is -0.451 e. The standard InChI is InChI=1S/C15H7BrClIO2/c16-9-4-5-12(18)10(7-9)14(19)13-6-8-2-1-3-11(17)15(8)20-13/h1-7H. The second-order valence-electron chi connectivity index (χ2n) is 4.22. The van der Waals surface area contributed by atoms with Crippen LogP contribution >= 0.6 is 50.1 Å². The molecule has 0 saturated heterocycles. The number of rotatable bonds is 2. The predicted molar refractivity (Wildman–Crippen MR) is 91.5 cm³/mol. The normalized spacial score (nSPS) is 10.9. The molecule has 0 N–H and O–H groups in total. The van der Waals surface area contributed by atoms with Gasteiger partial charge in [0.2, 0.25) is 5.78 Å². The second-order valence-corrected chi connectivity index (χ2v) is 6.71. The topological polar surface area (TPSA) is 30.2 Å². The molecule has 0 fully saturated rings. The largest absolute Gasteiger partial charge is 0.451 e. The Hall–Kier alpha value is -0.850. The summed E-state index contributed by atoms with van der Waals surface area (Å²) >= 11 is 11.6. The molecule has 0 aliphatic heterocycles. The Morgan fingerprint density at radius 1 is 1.20 bits per heavy atom. The van der Waals surface area contributed by atoms with E-state index < -0.39 is 0 Å². The quantitative estimate of drug-likeness (QED) is 0.363. The fraction of sp³-hybridized carbons (Fsp3) is 0. The highest BCUT2D eigenvalue weighted by Gasteiger charge is 2.18. The van der Waals surface area contributed by atoms with Gasteiger partial charge >= 0.3 is 0 Å². The van der Waals surface area contributed by atoms with Crippen LogP contribution in [0.1, 0.15) is 16.1 Å². The smallest absolute Gasteiger partial charge is 0.229 e. The summed E-state index contributed by atoms with van der Waals surface area (Å²) in [7, 11) is 0. The monoisotopic (exact) mass is 460 g/mol. The molecule has 2 aromatic carbocycles. The second kappa shape index (κ2) is 5.50. The molecule has 3 rings (SSSR count). The Morgan fingerprint density at radius 3 is 2.75 bits per heavy atom. The van der Waals surface area contributed by atoms with E-state index in [-0.39, 0.29) is 5.78 Å². The van der Waals surface area contributed by atoms with Gasteiger partial charge in [-0.25, -0.2) is 0 Å². The maximum atomic E-state index is 12.5. The van der Waals surface area contributed by atoms with Gasteiger partial charge in [0.15, 0.2) is 11.3 Å². The van der Waals surface area contributed by atoms with Gasteiger partial charge in [0.1, 0.15) is 0 Å². The van der Waals surface area contributed by atoms with Gasteiger partial charge in [-0.2, -0.15) is 0 Å². The van der Waals surface area contributed by atoms with Crippen LogP contribution in [0, 0.1) is 3.57 Å². The van der Waals surface area contributed by atoms with Crippen LogP contribution in [0.15, 0.2) is 51.4 Å². The molecule has 0 atom stereocenters. The summed E-state index contributed by atoms with van der Waals surface area (Å²) in [6, 6.07) is 12.7. The number of fused-ring (bicyclic) bond motifs is 1. The summed E-state index contributed by atoms with van der Waals surface area (Å²) in [5.74, 6) is 0.145. The molecule has 0 radical (unpaired) electrons. The summed E-state index contributed by atoms with van der Waals surface area (Å²) in [5.41, 5.74) is 1.15. The Bertz CT molecular complexity index is 826. The van der Waals surface area contributed by atoms with Crippen molar-refractivity contribution < 1.29 is 9.21 Å². The first-order valence-corrected chi connectivity index (χ1v) is 7.99. The Morgan fingerprint density at radius 2 is 2.00 bits per heavy atom. The van der Waals surface area contributed by atoms with Gasteiger partial charge in [0, 0.05) is 19.0 Å². The Labute approximate surface area is 142 Å². The lowest BCUT2D eigenvalue weighted by Crippen LogP contribution is -2.02. The number of halogens is 3. The zero-order valence-electron chi connectivity index (χ0n) is 9.99. The van der Waals surface area contributed by atoms with Crippen LogP contribution in [0.2, 0.25) is 5.02 Å². The van der Waals surface area contributed by atoms with E-state index in [0.29, 0.717) is 21.9 Å². The fourth-order valence-corrected chi connectivity index (χ4v) is 3.11. The van der Waals surface area contributed by atoms with Gasteiger partial charge in [0.05, 0.1) is 5.02 Å². The zero-order chi connectivity index (χ0) is 14.3. The fourth-order valence-electron chi connectivity index (χ4n) is 1.94. The van der Waals surface area contributed by atoms with Gasteiger partial charge in [-0.05, 0) is 52.9 Å². The summed E-state index contributed by atoms with van der Waals surface area (Å²) in [4.78, 5) is 12.5. The number of hydrogen-bond donors (Lipinski definition) is 0. The van der Waals surface area contributed by atoms with E-state index in [0.717, 1.165) is 13.4 Å². The van der Waals surface area contributed by atoms with Gasteiger partial charge in [-0.1, -0.05) is 39.7 Å². The summed E-state index contributed by atoms with van der Waals surface area (Å²) in [5, 5.41) is 1.33. The maximum absolute atomic E-state index is 12.5.